The molecule has 2 aromatic heterocycles. The minimum absolute atomic E-state index is 0.160. The van der Waals surface area contributed by atoms with Crippen LogP contribution in [0.15, 0.2) is 36.5 Å². The van der Waals surface area contributed by atoms with Gasteiger partial charge in [0.2, 0.25) is 5.88 Å². The normalized spacial score (nSPS) is 10.7. The molecule has 112 valence electrons. The first-order valence-corrected chi connectivity index (χ1v) is 6.99. The molecule has 22 heavy (non-hydrogen) atoms. The number of amides is 1. The molecule has 5 heteroatoms. The molecule has 0 aliphatic rings. The van der Waals surface area contributed by atoms with Crippen molar-refractivity contribution in [2.24, 2.45) is 0 Å². The molecule has 0 atom stereocenters. The van der Waals surface area contributed by atoms with Crippen molar-refractivity contribution in [1.29, 1.82) is 0 Å². The minimum Gasteiger partial charge on any atom is -0.481 e. The number of aryl methyl sites for hydroxylation is 2. The fourth-order valence-electron chi connectivity index (χ4n) is 2.38. The molecule has 0 spiro atoms. The monoisotopic (exact) mass is 295 g/mol. The number of aromatic amines is 1. The molecule has 0 aliphatic heterocycles. The Morgan fingerprint density at radius 1 is 1.23 bits per heavy atom. The summed E-state index contributed by atoms with van der Waals surface area (Å²) in [5, 5.41) is 3.90. The molecule has 3 rings (SSSR count). The number of pyridine rings is 1. The second-order valence-electron chi connectivity index (χ2n) is 5.18. The Labute approximate surface area is 128 Å². The van der Waals surface area contributed by atoms with Crippen LogP contribution >= 0.6 is 0 Å². The van der Waals surface area contributed by atoms with Crippen LogP contribution in [0.5, 0.6) is 5.88 Å². The van der Waals surface area contributed by atoms with Crippen LogP contribution in [0, 0.1) is 13.8 Å². The van der Waals surface area contributed by atoms with Crippen LogP contribution in [-0.4, -0.2) is 23.0 Å². The Kier molecular flexibility index (Phi) is 3.55. The maximum absolute atomic E-state index is 12.3. The number of carbonyl (C=O) groups is 1. The fraction of sp³-hybridized carbons (Fsp3) is 0.176. The van der Waals surface area contributed by atoms with Crippen molar-refractivity contribution in [1.82, 2.24) is 9.97 Å². The van der Waals surface area contributed by atoms with E-state index in [0.29, 0.717) is 17.1 Å². The Bertz CT molecular complexity index is 835. The molecule has 5 nitrogen and oxygen atoms in total. The summed E-state index contributed by atoms with van der Waals surface area (Å²) in [5.41, 5.74) is 4.57. The lowest BCUT2D eigenvalue weighted by Crippen LogP contribution is -2.11. The number of carbonyl (C=O) groups excluding carboxylic acids is 1. The van der Waals surface area contributed by atoms with Crippen LogP contribution in [0.2, 0.25) is 0 Å². The minimum atomic E-state index is -0.160. The molecule has 3 aromatic rings. The summed E-state index contributed by atoms with van der Waals surface area (Å²) in [7, 11) is 1.55. The first kappa shape index (κ1) is 14.1. The highest BCUT2D eigenvalue weighted by Gasteiger charge is 2.10. The third kappa shape index (κ3) is 2.53. The largest absolute Gasteiger partial charge is 0.481 e. The highest BCUT2D eigenvalue weighted by molar-refractivity contribution is 6.06. The average molecular weight is 295 g/mol. The number of benzene rings is 1. The van der Waals surface area contributed by atoms with E-state index < -0.39 is 0 Å². The fourth-order valence-corrected chi connectivity index (χ4v) is 2.38. The predicted molar refractivity (Wildman–Crippen MR) is 86.5 cm³/mol. The van der Waals surface area contributed by atoms with Crippen LogP contribution in [-0.2, 0) is 0 Å². The van der Waals surface area contributed by atoms with E-state index >= 15 is 0 Å². The van der Waals surface area contributed by atoms with Gasteiger partial charge in [-0.2, -0.15) is 0 Å². The molecular weight excluding hydrogens is 278 g/mol. The van der Waals surface area contributed by atoms with Gasteiger partial charge in [0.1, 0.15) is 0 Å². The van der Waals surface area contributed by atoms with Crippen molar-refractivity contribution in [3.05, 3.63) is 53.3 Å². The van der Waals surface area contributed by atoms with Crippen molar-refractivity contribution < 1.29 is 9.53 Å². The highest BCUT2D eigenvalue weighted by atomic mass is 16.5. The number of hydrogen-bond donors (Lipinski definition) is 2. The second kappa shape index (κ2) is 5.52. The van der Waals surface area contributed by atoms with Crippen molar-refractivity contribution in [3.63, 3.8) is 0 Å². The van der Waals surface area contributed by atoms with E-state index in [0.717, 1.165) is 22.2 Å². The summed E-state index contributed by atoms with van der Waals surface area (Å²) in [6.45, 7) is 4.07. The molecule has 0 bridgehead atoms. The van der Waals surface area contributed by atoms with Crippen LogP contribution < -0.4 is 10.1 Å². The zero-order valence-electron chi connectivity index (χ0n) is 12.7. The topological polar surface area (TPSA) is 67.0 Å². The van der Waals surface area contributed by atoms with Crippen molar-refractivity contribution >= 4 is 22.5 Å². The zero-order chi connectivity index (χ0) is 15.7. The van der Waals surface area contributed by atoms with Crippen molar-refractivity contribution in [2.45, 2.75) is 13.8 Å². The average Bonchev–Trinajstić information content (AvgIpc) is 2.82. The second-order valence-corrected chi connectivity index (χ2v) is 5.18. The summed E-state index contributed by atoms with van der Waals surface area (Å²) in [5.74, 6) is 0.352. The number of nitrogens with zero attached hydrogens (tertiary/aromatic N) is 1. The number of ether oxygens (including phenoxy) is 1. The van der Waals surface area contributed by atoms with E-state index in [2.05, 4.69) is 15.3 Å². The van der Waals surface area contributed by atoms with Gasteiger partial charge in [-0.1, -0.05) is 0 Å². The molecule has 2 heterocycles. The number of anilines is 1. The number of rotatable bonds is 3. The maximum atomic E-state index is 12.3. The Balaban J connectivity index is 1.86. The van der Waals surface area contributed by atoms with Gasteiger partial charge < -0.3 is 15.0 Å². The number of aromatic nitrogens is 2. The number of hydrogen-bond acceptors (Lipinski definition) is 3. The third-order valence-electron chi connectivity index (χ3n) is 3.77. The molecule has 0 unspecified atom stereocenters. The summed E-state index contributed by atoms with van der Waals surface area (Å²) >= 11 is 0. The lowest BCUT2D eigenvalue weighted by Gasteiger charge is -2.06. The van der Waals surface area contributed by atoms with Gasteiger partial charge in [0.25, 0.3) is 5.91 Å². The number of methoxy groups -OCH3 is 1. The Hall–Kier alpha value is -2.82. The van der Waals surface area contributed by atoms with Gasteiger partial charge >= 0.3 is 0 Å². The number of H-pyrrole nitrogens is 1. The molecular formula is C17H17N3O2. The van der Waals surface area contributed by atoms with Gasteiger partial charge in [-0.25, -0.2) is 4.98 Å². The molecule has 0 radical (unpaired) electrons. The quantitative estimate of drug-likeness (QED) is 0.777. The van der Waals surface area contributed by atoms with Gasteiger partial charge in [-0.3, -0.25) is 4.79 Å². The summed E-state index contributed by atoms with van der Waals surface area (Å²) < 4.78 is 5.00. The van der Waals surface area contributed by atoms with E-state index in [1.165, 1.54) is 0 Å². The maximum Gasteiger partial charge on any atom is 0.255 e. The molecule has 0 saturated heterocycles. The summed E-state index contributed by atoms with van der Waals surface area (Å²) in [4.78, 5) is 19.7. The van der Waals surface area contributed by atoms with Crippen molar-refractivity contribution in [2.75, 3.05) is 12.4 Å². The first-order valence-electron chi connectivity index (χ1n) is 6.99. The SMILES string of the molecule is COc1ccc(NC(=O)c2ccc3[nH]c(C)c(C)c3c2)cn1. The summed E-state index contributed by atoms with van der Waals surface area (Å²) in [6.07, 6.45) is 1.57. The van der Waals surface area contributed by atoms with E-state index in [1.807, 2.05) is 32.0 Å². The van der Waals surface area contributed by atoms with Gasteiger partial charge in [0.05, 0.1) is 19.0 Å². The zero-order valence-corrected chi connectivity index (χ0v) is 12.7. The van der Waals surface area contributed by atoms with E-state index in [4.69, 9.17) is 4.74 Å². The van der Waals surface area contributed by atoms with Crippen LogP contribution in [0.4, 0.5) is 5.69 Å². The van der Waals surface area contributed by atoms with Gasteiger partial charge in [0.15, 0.2) is 0 Å². The summed E-state index contributed by atoms with van der Waals surface area (Å²) in [6, 6.07) is 9.10. The van der Waals surface area contributed by atoms with E-state index in [9.17, 15) is 4.79 Å². The third-order valence-corrected chi connectivity index (χ3v) is 3.77. The van der Waals surface area contributed by atoms with Gasteiger partial charge in [-0.15, -0.1) is 0 Å². The Morgan fingerprint density at radius 2 is 2.05 bits per heavy atom. The molecule has 0 saturated carbocycles. The van der Waals surface area contributed by atoms with Crippen molar-refractivity contribution in [3.8, 4) is 5.88 Å². The Morgan fingerprint density at radius 3 is 2.73 bits per heavy atom. The molecule has 1 amide bonds. The molecule has 1 aromatic carbocycles. The lowest BCUT2D eigenvalue weighted by atomic mass is 10.1. The smallest absolute Gasteiger partial charge is 0.255 e. The van der Waals surface area contributed by atoms with Gasteiger partial charge in [-0.05, 0) is 43.7 Å². The molecule has 2 N–H and O–H groups in total. The van der Waals surface area contributed by atoms with Crippen LogP contribution in [0.1, 0.15) is 21.6 Å². The predicted octanol–water partition coefficient (Wildman–Crippen LogP) is 3.44. The van der Waals surface area contributed by atoms with Crippen LogP contribution in [0.25, 0.3) is 10.9 Å². The first-order chi connectivity index (χ1) is 10.6. The van der Waals surface area contributed by atoms with E-state index in [-0.39, 0.29) is 5.91 Å². The lowest BCUT2D eigenvalue weighted by molar-refractivity contribution is 0.102. The number of nitrogens with one attached hydrogen (secondary N) is 2. The molecule has 0 fully saturated rings. The standard InChI is InChI=1S/C17H17N3O2/c1-10-11(2)19-15-6-4-12(8-14(10)15)17(21)20-13-5-7-16(22-3)18-9-13/h4-9,19H,1-3H3,(H,20,21). The van der Waals surface area contributed by atoms with Gasteiger partial charge in [0, 0.05) is 28.2 Å². The van der Waals surface area contributed by atoms with E-state index in [1.54, 1.807) is 25.4 Å². The molecule has 0 aliphatic carbocycles. The highest BCUT2D eigenvalue weighted by Crippen LogP contribution is 2.23. The van der Waals surface area contributed by atoms with Crippen LogP contribution in [0.3, 0.4) is 0 Å². The number of fused-ring (bicyclic) bond motifs is 1.